The Kier molecular flexibility index (Phi) is 10.3. The highest BCUT2D eigenvalue weighted by Crippen LogP contribution is 2.20. The number of H-pyrrole nitrogens is 1. The van der Waals surface area contributed by atoms with E-state index in [9.17, 15) is 9.59 Å². The Morgan fingerprint density at radius 2 is 1.61 bits per heavy atom. The number of carbonyl (C=O) groups excluding carboxylic acids is 2. The minimum Gasteiger partial charge on any atom is -0.496 e. The fraction of sp³-hybridized carbons (Fsp3) is 0.500. The molecule has 41 heavy (non-hydrogen) atoms. The number of hydrogen-bond acceptors (Lipinski definition) is 6. The molecule has 2 aliphatic heterocycles. The molecule has 1 atom stereocenters. The lowest BCUT2D eigenvalue weighted by Crippen LogP contribution is -2.56. The first-order valence-corrected chi connectivity index (χ1v) is 15.0. The molecule has 0 spiro atoms. The van der Waals surface area contributed by atoms with Crippen molar-refractivity contribution in [2.24, 2.45) is 0 Å². The summed E-state index contributed by atoms with van der Waals surface area (Å²) < 4.78 is 5.42. The van der Waals surface area contributed by atoms with Gasteiger partial charge in [-0.1, -0.05) is 42.8 Å². The summed E-state index contributed by atoms with van der Waals surface area (Å²) in [6.45, 7) is 6.76. The van der Waals surface area contributed by atoms with E-state index < -0.39 is 0 Å². The van der Waals surface area contributed by atoms with Crippen molar-refractivity contribution >= 4 is 22.7 Å². The van der Waals surface area contributed by atoms with Gasteiger partial charge in [0.25, 0.3) is 0 Å². The molecular weight excluding hydrogens is 516 g/mol. The van der Waals surface area contributed by atoms with Gasteiger partial charge >= 0.3 is 0 Å². The molecule has 0 bridgehead atoms. The van der Waals surface area contributed by atoms with Crippen molar-refractivity contribution < 1.29 is 14.3 Å². The van der Waals surface area contributed by atoms with Gasteiger partial charge in [0.2, 0.25) is 11.8 Å². The topological polar surface area (TPSA) is 92.9 Å². The predicted molar refractivity (Wildman–Crippen MR) is 162 cm³/mol. The van der Waals surface area contributed by atoms with Gasteiger partial charge in [0, 0.05) is 69.3 Å². The third-order valence-corrected chi connectivity index (χ3v) is 8.31. The van der Waals surface area contributed by atoms with Gasteiger partial charge in [-0.05, 0) is 48.9 Å². The summed E-state index contributed by atoms with van der Waals surface area (Å²) in [4.78, 5) is 31.6. The number of aromatic amines is 1. The molecule has 9 nitrogen and oxygen atoms in total. The quantitative estimate of drug-likeness (QED) is 0.316. The van der Waals surface area contributed by atoms with Crippen molar-refractivity contribution in [1.29, 1.82) is 0 Å². The first-order valence-electron chi connectivity index (χ1n) is 15.0. The summed E-state index contributed by atoms with van der Waals surface area (Å²) in [6.07, 6.45) is 7.47. The molecular formula is C32H44N6O3. The monoisotopic (exact) mass is 560 g/mol. The summed E-state index contributed by atoms with van der Waals surface area (Å²) in [7, 11) is 1.64. The summed E-state index contributed by atoms with van der Waals surface area (Å²) in [5.41, 5.74) is 3.21. The Hall–Kier alpha value is -3.40. The summed E-state index contributed by atoms with van der Waals surface area (Å²) >= 11 is 0. The van der Waals surface area contributed by atoms with Crippen molar-refractivity contribution in [1.82, 2.24) is 30.5 Å². The molecule has 0 aliphatic carbocycles. The maximum atomic E-state index is 13.2. The number of ether oxygens (including phenoxy) is 1. The van der Waals surface area contributed by atoms with E-state index in [0.29, 0.717) is 32.4 Å². The van der Waals surface area contributed by atoms with Crippen LogP contribution in [0.5, 0.6) is 5.75 Å². The average Bonchev–Trinajstić information content (AvgIpc) is 3.42. The number of piperazine rings is 1. The van der Waals surface area contributed by atoms with Gasteiger partial charge in [0.15, 0.2) is 0 Å². The van der Waals surface area contributed by atoms with Crippen molar-refractivity contribution in [3.05, 3.63) is 65.9 Å². The normalized spacial score (nSPS) is 17.8. The molecule has 2 saturated heterocycles. The van der Waals surface area contributed by atoms with Crippen molar-refractivity contribution in [2.75, 3.05) is 59.5 Å². The number of piperidine rings is 1. The third kappa shape index (κ3) is 8.09. The Balaban J connectivity index is 1.15. The van der Waals surface area contributed by atoms with Gasteiger partial charge in [0.1, 0.15) is 5.75 Å². The number of methoxy groups -OCH3 is 1. The smallest absolute Gasteiger partial charge is 0.234 e. The maximum absolute atomic E-state index is 13.2. The van der Waals surface area contributed by atoms with Crippen LogP contribution in [0.25, 0.3) is 10.9 Å². The Morgan fingerprint density at radius 1 is 0.878 bits per heavy atom. The van der Waals surface area contributed by atoms with E-state index in [0.717, 1.165) is 67.0 Å². The molecule has 1 aromatic heterocycles. The van der Waals surface area contributed by atoms with E-state index in [1.807, 2.05) is 42.6 Å². The fourth-order valence-electron chi connectivity index (χ4n) is 6.04. The number of para-hydroxylation sites is 2. The van der Waals surface area contributed by atoms with E-state index >= 15 is 0 Å². The molecule has 3 heterocycles. The van der Waals surface area contributed by atoms with Crippen LogP contribution in [0.1, 0.15) is 36.8 Å². The lowest BCUT2D eigenvalue weighted by Gasteiger charge is -2.42. The molecule has 0 saturated carbocycles. The van der Waals surface area contributed by atoms with Crippen molar-refractivity contribution in [3.63, 3.8) is 0 Å². The molecule has 2 aliphatic rings. The fourth-order valence-corrected chi connectivity index (χ4v) is 6.04. The minimum absolute atomic E-state index is 0.00420. The van der Waals surface area contributed by atoms with E-state index in [1.54, 1.807) is 7.11 Å². The van der Waals surface area contributed by atoms with Crippen LogP contribution in [-0.4, -0.2) is 97.2 Å². The molecule has 3 N–H and O–H groups in total. The average molecular weight is 561 g/mol. The van der Waals surface area contributed by atoms with Crippen molar-refractivity contribution in [3.8, 4) is 5.75 Å². The highest BCUT2D eigenvalue weighted by atomic mass is 16.5. The number of fused-ring (bicyclic) bond motifs is 1. The number of nitrogens with zero attached hydrogens (tertiary/aromatic N) is 3. The second kappa shape index (κ2) is 14.5. The van der Waals surface area contributed by atoms with Crippen LogP contribution in [-0.2, 0) is 22.4 Å². The first kappa shape index (κ1) is 29.1. The predicted octanol–water partition coefficient (Wildman–Crippen LogP) is 2.97. The standard InChI is InChI=1S/C32H44N6O3/c1-41-30-12-6-3-9-25(30)13-14-31(39)34-23-27(21-26-22-33-29-11-5-4-10-28(26)29)35-32(40)24-36-17-19-38(20-18-36)37-15-7-2-8-16-37/h3-6,9-12,22,27,33H,2,7-8,13-21,23-24H2,1H3,(H,34,39)(H,35,40)/t27-/m1/s1. The number of hydrogen-bond donors (Lipinski definition) is 3. The van der Waals surface area contributed by atoms with E-state index in [-0.39, 0.29) is 17.9 Å². The van der Waals surface area contributed by atoms with Crippen LogP contribution < -0.4 is 15.4 Å². The van der Waals surface area contributed by atoms with Gasteiger partial charge < -0.3 is 20.4 Å². The minimum atomic E-state index is -0.216. The van der Waals surface area contributed by atoms with Crippen LogP contribution in [0.15, 0.2) is 54.7 Å². The number of amides is 2. The van der Waals surface area contributed by atoms with Crippen LogP contribution in [0.4, 0.5) is 0 Å². The number of aromatic nitrogens is 1. The number of hydrazine groups is 1. The lowest BCUT2D eigenvalue weighted by atomic mass is 10.0. The van der Waals surface area contributed by atoms with E-state index in [1.165, 1.54) is 19.3 Å². The van der Waals surface area contributed by atoms with Gasteiger partial charge in [-0.15, -0.1) is 0 Å². The number of rotatable bonds is 12. The zero-order valence-electron chi connectivity index (χ0n) is 24.2. The van der Waals surface area contributed by atoms with E-state index in [2.05, 4.69) is 42.7 Å². The Bertz CT molecular complexity index is 1280. The third-order valence-electron chi connectivity index (χ3n) is 8.31. The second-order valence-corrected chi connectivity index (χ2v) is 11.2. The van der Waals surface area contributed by atoms with E-state index in [4.69, 9.17) is 4.74 Å². The van der Waals surface area contributed by atoms with Gasteiger partial charge in [0.05, 0.1) is 19.7 Å². The van der Waals surface area contributed by atoms with Crippen molar-refractivity contribution in [2.45, 2.75) is 44.6 Å². The summed E-state index contributed by atoms with van der Waals surface area (Å²) in [5.74, 6) is 0.758. The number of nitrogens with one attached hydrogen (secondary N) is 3. The zero-order valence-corrected chi connectivity index (χ0v) is 24.2. The van der Waals surface area contributed by atoms with Crippen LogP contribution in [0.2, 0.25) is 0 Å². The maximum Gasteiger partial charge on any atom is 0.234 e. The molecule has 2 fully saturated rings. The van der Waals surface area contributed by atoms with Crippen LogP contribution in [0, 0.1) is 0 Å². The molecule has 0 unspecified atom stereocenters. The number of carbonyl (C=O) groups is 2. The molecule has 3 aromatic rings. The Morgan fingerprint density at radius 3 is 2.41 bits per heavy atom. The zero-order chi connectivity index (χ0) is 28.4. The number of aryl methyl sites for hydroxylation is 1. The molecule has 0 radical (unpaired) electrons. The van der Waals surface area contributed by atoms with Gasteiger partial charge in [-0.3, -0.25) is 14.5 Å². The Labute approximate surface area is 243 Å². The number of benzene rings is 2. The molecule has 2 amide bonds. The first-order chi connectivity index (χ1) is 20.1. The second-order valence-electron chi connectivity index (χ2n) is 11.2. The SMILES string of the molecule is COc1ccccc1CCC(=O)NC[C@@H](Cc1c[nH]c2ccccc12)NC(=O)CN1CCN(N2CCCCC2)CC1. The summed E-state index contributed by atoms with van der Waals surface area (Å²) in [5, 5.41) is 12.4. The largest absolute Gasteiger partial charge is 0.496 e. The highest BCUT2D eigenvalue weighted by molar-refractivity contribution is 5.83. The highest BCUT2D eigenvalue weighted by Gasteiger charge is 2.25. The molecule has 5 rings (SSSR count). The van der Waals surface area contributed by atoms with Crippen LogP contribution >= 0.6 is 0 Å². The summed E-state index contributed by atoms with van der Waals surface area (Å²) in [6, 6.07) is 15.7. The molecule has 220 valence electrons. The molecule has 9 heteroatoms. The van der Waals surface area contributed by atoms with Crippen LogP contribution in [0.3, 0.4) is 0 Å². The van der Waals surface area contributed by atoms with Gasteiger partial charge in [-0.25, -0.2) is 10.0 Å². The lowest BCUT2D eigenvalue weighted by molar-refractivity contribution is -0.125. The molecule has 2 aromatic carbocycles. The van der Waals surface area contributed by atoms with Gasteiger partial charge in [-0.2, -0.15) is 0 Å².